The third kappa shape index (κ3) is 2.96. The SMILES string of the molecule is CCNC(=O)CN1CCNCC1(C)C. The van der Waals surface area contributed by atoms with Crippen LogP contribution in [0.2, 0.25) is 0 Å². The van der Waals surface area contributed by atoms with Gasteiger partial charge in [0.2, 0.25) is 5.91 Å². The third-order valence-electron chi connectivity index (χ3n) is 2.68. The Balaban J connectivity index is 2.45. The molecule has 1 heterocycles. The Labute approximate surface area is 86.0 Å². The van der Waals surface area contributed by atoms with Crippen molar-refractivity contribution in [2.24, 2.45) is 0 Å². The predicted molar refractivity (Wildman–Crippen MR) is 57.2 cm³/mol. The minimum Gasteiger partial charge on any atom is -0.355 e. The molecule has 0 saturated carbocycles. The first kappa shape index (κ1) is 11.5. The van der Waals surface area contributed by atoms with Gasteiger partial charge in [-0.05, 0) is 20.8 Å². The van der Waals surface area contributed by atoms with Crippen molar-refractivity contribution in [1.82, 2.24) is 15.5 Å². The second-order valence-corrected chi connectivity index (χ2v) is 4.36. The Morgan fingerprint density at radius 2 is 2.29 bits per heavy atom. The molecule has 4 nitrogen and oxygen atoms in total. The van der Waals surface area contributed by atoms with E-state index in [1.165, 1.54) is 0 Å². The van der Waals surface area contributed by atoms with Crippen LogP contribution in [-0.2, 0) is 4.79 Å². The van der Waals surface area contributed by atoms with Crippen LogP contribution in [-0.4, -0.2) is 49.1 Å². The lowest BCUT2D eigenvalue weighted by molar-refractivity contribution is -0.123. The average Bonchev–Trinajstić information content (AvgIpc) is 2.09. The Bertz CT molecular complexity index is 204. The maximum absolute atomic E-state index is 11.4. The van der Waals surface area contributed by atoms with Gasteiger partial charge in [-0.3, -0.25) is 9.69 Å². The fourth-order valence-electron chi connectivity index (χ4n) is 1.74. The molecule has 0 unspecified atom stereocenters. The molecule has 1 saturated heterocycles. The third-order valence-corrected chi connectivity index (χ3v) is 2.68. The molecule has 14 heavy (non-hydrogen) atoms. The molecule has 0 radical (unpaired) electrons. The van der Waals surface area contributed by atoms with Crippen LogP contribution in [0.1, 0.15) is 20.8 Å². The van der Waals surface area contributed by atoms with Gasteiger partial charge in [0.1, 0.15) is 0 Å². The van der Waals surface area contributed by atoms with Crippen LogP contribution in [0.4, 0.5) is 0 Å². The summed E-state index contributed by atoms with van der Waals surface area (Å²) in [4.78, 5) is 13.7. The second-order valence-electron chi connectivity index (χ2n) is 4.36. The highest BCUT2D eigenvalue weighted by atomic mass is 16.2. The molecule has 82 valence electrons. The summed E-state index contributed by atoms with van der Waals surface area (Å²) in [5.74, 6) is 0.127. The molecular formula is C10H21N3O. The van der Waals surface area contributed by atoms with Crippen molar-refractivity contribution in [2.75, 3.05) is 32.7 Å². The zero-order valence-electron chi connectivity index (χ0n) is 9.39. The quantitative estimate of drug-likeness (QED) is 0.662. The van der Waals surface area contributed by atoms with Crippen LogP contribution in [0.25, 0.3) is 0 Å². The molecule has 0 aromatic heterocycles. The molecule has 1 amide bonds. The molecule has 0 aliphatic carbocycles. The van der Waals surface area contributed by atoms with Crippen LogP contribution in [0, 0.1) is 0 Å². The van der Waals surface area contributed by atoms with Gasteiger partial charge in [-0.25, -0.2) is 0 Å². The number of nitrogens with zero attached hydrogens (tertiary/aromatic N) is 1. The highest BCUT2D eigenvalue weighted by Gasteiger charge is 2.30. The van der Waals surface area contributed by atoms with E-state index >= 15 is 0 Å². The van der Waals surface area contributed by atoms with Gasteiger partial charge >= 0.3 is 0 Å². The molecule has 0 atom stereocenters. The average molecular weight is 199 g/mol. The first-order valence-corrected chi connectivity index (χ1v) is 5.29. The minimum absolute atomic E-state index is 0.0866. The van der Waals surface area contributed by atoms with Crippen LogP contribution < -0.4 is 10.6 Å². The lowest BCUT2D eigenvalue weighted by Gasteiger charge is -2.42. The number of carbonyl (C=O) groups is 1. The first-order chi connectivity index (χ1) is 6.56. The van der Waals surface area contributed by atoms with Gasteiger partial charge in [-0.1, -0.05) is 0 Å². The molecule has 2 N–H and O–H groups in total. The number of carbonyl (C=O) groups excluding carboxylic acids is 1. The summed E-state index contributed by atoms with van der Waals surface area (Å²) in [6, 6.07) is 0. The Hall–Kier alpha value is -0.610. The van der Waals surface area contributed by atoms with Gasteiger partial charge in [-0.2, -0.15) is 0 Å². The van der Waals surface area contributed by atoms with Gasteiger partial charge in [0.25, 0.3) is 0 Å². The van der Waals surface area contributed by atoms with E-state index in [0.29, 0.717) is 13.1 Å². The number of amides is 1. The van der Waals surface area contributed by atoms with Crippen LogP contribution >= 0.6 is 0 Å². The fourth-order valence-corrected chi connectivity index (χ4v) is 1.74. The number of piperazine rings is 1. The zero-order valence-corrected chi connectivity index (χ0v) is 9.39. The molecule has 0 bridgehead atoms. The van der Waals surface area contributed by atoms with E-state index in [9.17, 15) is 4.79 Å². The summed E-state index contributed by atoms with van der Waals surface area (Å²) in [7, 11) is 0. The maximum Gasteiger partial charge on any atom is 0.234 e. The monoisotopic (exact) mass is 199 g/mol. The lowest BCUT2D eigenvalue weighted by Crippen LogP contribution is -2.59. The van der Waals surface area contributed by atoms with E-state index in [-0.39, 0.29) is 11.4 Å². The number of hydrogen-bond donors (Lipinski definition) is 2. The molecule has 1 aliphatic rings. The van der Waals surface area contributed by atoms with Crippen LogP contribution in [0.15, 0.2) is 0 Å². The van der Waals surface area contributed by atoms with Crippen molar-refractivity contribution in [3.8, 4) is 0 Å². The summed E-state index contributed by atoms with van der Waals surface area (Å²) in [6.45, 7) is 10.4. The highest BCUT2D eigenvalue weighted by Crippen LogP contribution is 2.15. The van der Waals surface area contributed by atoms with Crippen molar-refractivity contribution in [2.45, 2.75) is 26.3 Å². The molecule has 4 heteroatoms. The fraction of sp³-hybridized carbons (Fsp3) is 0.900. The van der Waals surface area contributed by atoms with Gasteiger partial charge < -0.3 is 10.6 Å². The van der Waals surface area contributed by atoms with Crippen LogP contribution in [0.5, 0.6) is 0 Å². The molecule has 1 fully saturated rings. The molecular weight excluding hydrogens is 178 g/mol. The topological polar surface area (TPSA) is 44.4 Å². The largest absolute Gasteiger partial charge is 0.355 e. The van der Waals surface area contributed by atoms with E-state index in [0.717, 1.165) is 19.6 Å². The van der Waals surface area contributed by atoms with E-state index in [4.69, 9.17) is 0 Å². The number of nitrogens with one attached hydrogen (secondary N) is 2. The first-order valence-electron chi connectivity index (χ1n) is 5.29. The second kappa shape index (κ2) is 4.75. The highest BCUT2D eigenvalue weighted by molar-refractivity contribution is 5.78. The zero-order chi connectivity index (χ0) is 10.6. The van der Waals surface area contributed by atoms with Crippen molar-refractivity contribution < 1.29 is 4.79 Å². The standard InChI is InChI=1S/C10H21N3O/c1-4-12-9(14)7-13-6-5-11-8-10(13,2)3/h11H,4-8H2,1-3H3,(H,12,14). The van der Waals surface area contributed by atoms with Gasteiger partial charge in [0.15, 0.2) is 0 Å². The molecule has 0 aromatic rings. The summed E-state index contributed by atoms with van der Waals surface area (Å²) in [5.41, 5.74) is 0.0866. The van der Waals surface area contributed by atoms with E-state index < -0.39 is 0 Å². The molecule has 1 aliphatic heterocycles. The number of rotatable bonds is 3. The maximum atomic E-state index is 11.4. The number of hydrogen-bond acceptors (Lipinski definition) is 3. The van der Waals surface area contributed by atoms with Gasteiger partial charge in [0.05, 0.1) is 6.54 Å². The van der Waals surface area contributed by atoms with Crippen LogP contribution in [0.3, 0.4) is 0 Å². The molecule has 1 rings (SSSR count). The van der Waals surface area contributed by atoms with Gasteiger partial charge in [-0.15, -0.1) is 0 Å². The summed E-state index contributed by atoms with van der Waals surface area (Å²) in [5, 5.41) is 6.17. The lowest BCUT2D eigenvalue weighted by atomic mass is 10.0. The van der Waals surface area contributed by atoms with Crippen molar-refractivity contribution in [3.05, 3.63) is 0 Å². The van der Waals surface area contributed by atoms with E-state index in [1.807, 2.05) is 6.92 Å². The van der Waals surface area contributed by atoms with E-state index in [1.54, 1.807) is 0 Å². The Morgan fingerprint density at radius 3 is 2.86 bits per heavy atom. The van der Waals surface area contributed by atoms with Crippen molar-refractivity contribution in [1.29, 1.82) is 0 Å². The molecule has 0 spiro atoms. The van der Waals surface area contributed by atoms with Crippen molar-refractivity contribution >= 4 is 5.91 Å². The molecule has 0 aromatic carbocycles. The summed E-state index contributed by atoms with van der Waals surface area (Å²) in [6.07, 6.45) is 0. The summed E-state index contributed by atoms with van der Waals surface area (Å²) >= 11 is 0. The normalized spacial score (nSPS) is 21.9. The summed E-state index contributed by atoms with van der Waals surface area (Å²) < 4.78 is 0. The van der Waals surface area contributed by atoms with Crippen molar-refractivity contribution in [3.63, 3.8) is 0 Å². The minimum atomic E-state index is 0.0866. The van der Waals surface area contributed by atoms with Gasteiger partial charge in [0, 0.05) is 31.7 Å². The smallest absolute Gasteiger partial charge is 0.234 e. The predicted octanol–water partition coefficient (Wildman–Crippen LogP) is -0.194. The Morgan fingerprint density at radius 1 is 1.57 bits per heavy atom. The van der Waals surface area contributed by atoms with E-state index in [2.05, 4.69) is 29.4 Å². The number of likely N-dealkylation sites (N-methyl/N-ethyl adjacent to an activating group) is 1. The Kier molecular flexibility index (Phi) is 3.89.